The smallest absolute Gasteiger partial charge is 0.228 e. The fourth-order valence-corrected chi connectivity index (χ4v) is 4.28. The van der Waals surface area contributed by atoms with Crippen molar-refractivity contribution in [1.82, 2.24) is 9.80 Å². The number of rotatable bonds is 6. The van der Waals surface area contributed by atoms with Gasteiger partial charge in [-0.15, -0.1) is 0 Å². The molecule has 0 aromatic heterocycles. The van der Waals surface area contributed by atoms with Crippen LogP contribution in [0.5, 0.6) is 0 Å². The Morgan fingerprint density at radius 1 is 1.16 bits per heavy atom. The van der Waals surface area contributed by atoms with Gasteiger partial charge in [0, 0.05) is 32.1 Å². The van der Waals surface area contributed by atoms with E-state index in [-0.39, 0.29) is 17.7 Å². The molecule has 136 valence electrons. The summed E-state index contributed by atoms with van der Waals surface area (Å²) in [6.45, 7) is 4.13. The summed E-state index contributed by atoms with van der Waals surface area (Å²) in [7, 11) is 0. The SMILES string of the molecule is CCN(C(=O)C1CC(=O)N(CCc2ccccc2)C1)C1CCCCC1. The highest BCUT2D eigenvalue weighted by Crippen LogP contribution is 2.27. The molecule has 0 bridgehead atoms. The van der Waals surface area contributed by atoms with Crippen molar-refractivity contribution in [2.45, 2.75) is 57.9 Å². The molecule has 0 spiro atoms. The van der Waals surface area contributed by atoms with Crippen LogP contribution in [-0.4, -0.2) is 47.3 Å². The second-order valence-electron chi connectivity index (χ2n) is 7.39. The first kappa shape index (κ1) is 18.0. The Hall–Kier alpha value is -1.84. The lowest BCUT2D eigenvalue weighted by Crippen LogP contribution is -2.45. The molecule has 4 nitrogen and oxygen atoms in total. The fraction of sp³-hybridized carbons (Fsp3) is 0.619. The minimum absolute atomic E-state index is 0.133. The summed E-state index contributed by atoms with van der Waals surface area (Å²) < 4.78 is 0. The molecule has 4 heteroatoms. The summed E-state index contributed by atoms with van der Waals surface area (Å²) in [4.78, 5) is 29.3. The maximum atomic E-state index is 13.0. The molecule has 1 saturated heterocycles. The zero-order valence-corrected chi connectivity index (χ0v) is 15.3. The third-order valence-electron chi connectivity index (χ3n) is 5.72. The lowest BCUT2D eigenvalue weighted by molar-refractivity contribution is -0.138. The molecule has 1 atom stereocenters. The van der Waals surface area contributed by atoms with Gasteiger partial charge in [0.15, 0.2) is 0 Å². The van der Waals surface area contributed by atoms with E-state index in [0.717, 1.165) is 25.8 Å². The third-order valence-corrected chi connectivity index (χ3v) is 5.72. The van der Waals surface area contributed by atoms with Crippen LogP contribution in [0.3, 0.4) is 0 Å². The standard InChI is InChI=1S/C21H30N2O2/c1-2-23(19-11-7-4-8-12-19)21(25)18-15-20(24)22(16-18)14-13-17-9-5-3-6-10-17/h3,5-6,9-10,18-19H,2,4,7-8,11-16H2,1H3. The molecule has 1 aromatic rings. The molecule has 0 radical (unpaired) electrons. The number of hydrogen-bond acceptors (Lipinski definition) is 2. The average Bonchev–Trinajstić information content (AvgIpc) is 3.03. The van der Waals surface area contributed by atoms with Crippen molar-refractivity contribution in [3.8, 4) is 0 Å². The molecule has 1 aliphatic heterocycles. The Kier molecular flexibility index (Phi) is 6.11. The Morgan fingerprint density at radius 2 is 1.88 bits per heavy atom. The summed E-state index contributed by atoms with van der Waals surface area (Å²) in [5.74, 6) is 0.184. The third kappa shape index (κ3) is 4.42. The quantitative estimate of drug-likeness (QED) is 0.796. The predicted molar refractivity (Wildman–Crippen MR) is 99.1 cm³/mol. The van der Waals surface area contributed by atoms with Gasteiger partial charge >= 0.3 is 0 Å². The number of carbonyl (C=O) groups excluding carboxylic acids is 2. The van der Waals surface area contributed by atoms with Gasteiger partial charge in [0.2, 0.25) is 11.8 Å². The highest BCUT2D eigenvalue weighted by atomic mass is 16.2. The van der Waals surface area contributed by atoms with Gasteiger partial charge in [-0.3, -0.25) is 9.59 Å². The number of nitrogens with zero attached hydrogens (tertiary/aromatic N) is 2. The average molecular weight is 342 g/mol. The van der Waals surface area contributed by atoms with E-state index in [1.165, 1.54) is 24.8 Å². The lowest BCUT2D eigenvalue weighted by Gasteiger charge is -2.35. The van der Waals surface area contributed by atoms with Crippen LogP contribution in [0.15, 0.2) is 30.3 Å². The van der Waals surface area contributed by atoms with Crippen LogP contribution >= 0.6 is 0 Å². The summed E-state index contributed by atoms with van der Waals surface area (Å²) in [6.07, 6.45) is 7.22. The van der Waals surface area contributed by atoms with Gasteiger partial charge in [-0.05, 0) is 31.7 Å². The summed E-state index contributed by atoms with van der Waals surface area (Å²) in [5.41, 5.74) is 1.24. The Bertz CT molecular complexity index is 581. The topological polar surface area (TPSA) is 40.6 Å². The van der Waals surface area contributed by atoms with Crippen molar-refractivity contribution >= 4 is 11.8 Å². The van der Waals surface area contributed by atoms with Crippen molar-refractivity contribution in [2.75, 3.05) is 19.6 Å². The van der Waals surface area contributed by atoms with E-state index in [2.05, 4.69) is 24.0 Å². The van der Waals surface area contributed by atoms with Crippen LogP contribution in [0.1, 0.15) is 51.0 Å². The van der Waals surface area contributed by atoms with Crippen LogP contribution in [0, 0.1) is 5.92 Å². The molecule has 1 aliphatic carbocycles. The zero-order valence-electron chi connectivity index (χ0n) is 15.3. The van der Waals surface area contributed by atoms with Crippen molar-refractivity contribution < 1.29 is 9.59 Å². The first-order valence-corrected chi connectivity index (χ1v) is 9.81. The van der Waals surface area contributed by atoms with Crippen LogP contribution in [0.2, 0.25) is 0 Å². The first-order valence-electron chi connectivity index (χ1n) is 9.81. The van der Waals surface area contributed by atoms with Crippen LogP contribution < -0.4 is 0 Å². The van der Waals surface area contributed by atoms with Crippen molar-refractivity contribution in [1.29, 1.82) is 0 Å². The highest BCUT2D eigenvalue weighted by Gasteiger charge is 2.37. The number of carbonyl (C=O) groups is 2. The molecule has 3 rings (SSSR count). The second kappa shape index (κ2) is 8.50. The van der Waals surface area contributed by atoms with Crippen molar-refractivity contribution in [2.24, 2.45) is 5.92 Å². The van der Waals surface area contributed by atoms with E-state index in [9.17, 15) is 9.59 Å². The molecular weight excluding hydrogens is 312 g/mol. The van der Waals surface area contributed by atoms with Gasteiger partial charge < -0.3 is 9.80 Å². The second-order valence-corrected chi connectivity index (χ2v) is 7.39. The monoisotopic (exact) mass is 342 g/mol. The van der Waals surface area contributed by atoms with Crippen LogP contribution in [0.4, 0.5) is 0 Å². The molecule has 2 aliphatic rings. The summed E-state index contributed by atoms with van der Waals surface area (Å²) >= 11 is 0. The van der Waals surface area contributed by atoms with E-state index >= 15 is 0 Å². The molecule has 25 heavy (non-hydrogen) atoms. The van der Waals surface area contributed by atoms with E-state index in [1.54, 1.807) is 0 Å². The van der Waals surface area contributed by atoms with Crippen molar-refractivity contribution in [3.05, 3.63) is 35.9 Å². The normalized spacial score (nSPS) is 21.6. The molecule has 0 N–H and O–H groups in total. The van der Waals surface area contributed by atoms with Gasteiger partial charge in [0.05, 0.1) is 5.92 Å². The maximum Gasteiger partial charge on any atom is 0.228 e. The number of likely N-dealkylation sites (tertiary alicyclic amines) is 1. The molecule has 2 amide bonds. The minimum Gasteiger partial charge on any atom is -0.342 e. The first-order chi connectivity index (χ1) is 12.2. The Labute approximate surface area is 151 Å². The molecule has 1 saturated carbocycles. The largest absolute Gasteiger partial charge is 0.342 e. The van der Waals surface area contributed by atoms with Crippen LogP contribution in [0.25, 0.3) is 0 Å². The van der Waals surface area contributed by atoms with E-state index in [0.29, 0.717) is 25.6 Å². The molecule has 1 unspecified atom stereocenters. The molecule has 1 aromatic carbocycles. The van der Waals surface area contributed by atoms with Gasteiger partial charge in [0.1, 0.15) is 0 Å². The van der Waals surface area contributed by atoms with E-state index < -0.39 is 0 Å². The Balaban J connectivity index is 1.56. The molecular formula is C21H30N2O2. The number of hydrogen-bond donors (Lipinski definition) is 0. The van der Waals surface area contributed by atoms with Gasteiger partial charge in [-0.1, -0.05) is 49.6 Å². The predicted octanol–water partition coefficient (Wildman–Crippen LogP) is 3.26. The van der Waals surface area contributed by atoms with Gasteiger partial charge in [-0.25, -0.2) is 0 Å². The number of benzene rings is 1. The van der Waals surface area contributed by atoms with E-state index in [4.69, 9.17) is 0 Å². The Morgan fingerprint density at radius 3 is 2.56 bits per heavy atom. The van der Waals surface area contributed by atoms with Gasteiger partial charge in [0.25, 0.3) is 0 Å². The van der Waals surface area contributed by atoms with Crippen LogP contribution in [-0.2, 0) is 16.0 Å². The fourth-order valence-electron chi connectivity index (χ4n) is 4.28. The lowest BCUT2D eigenvalue weighted by atomic mass is 9.93. The van der Waals surface area contributed by atoms with E-state index in [1.807, 2.05) is 23.1 Å². The minimum atomic E-state index is -0.148. The summed E-state index contributed by atoms with van der Waals surface area (Å²) in [5, 5.41) is 0. The maximum absolute atomic E-state index is 13.0. The summed E-state index contributed by atoms with van der Waals surface area (Å²) in [6, 6.07) is 10.6. The zero-order chi connectivity index (χ0) is 17.6. The molecule has 2 fully saturated rings. The van der Waals surface area contributed by atoms with Gasteiger partial charge in [-0.2, -0.15) is 0 Å². The number of amides is 2. The molecule has 1 heterocycles. The highest BCUT2D eigenvalue weighted by molar-refractivity contribution is 5.89. The van der Waals surface area contributed by atoms with Crippen molar-refractivity contribution in [3.63, 3.8) is 0 Å².